The molecular formula is C23H24N8. The second kappa shape index (κ2) is 8.66. The van der Waals surface area contributed by atoms with Crippen LogP contribution in [0.15, 0.2) is 84.3 Å². The van der Waals surface area contributed by atoms with Crippen LogP contribution in [0.4, 0.5) is 0 Å². The molecule has 4 N–H and O–H groups in total. The molecule has 4 rings (SSSR count). The Bertz CT molecular complexity index is 1220. The predicted octanol–water partition coefficient (Wildman–Crippen LogP) is 2.67. The van der Waals surface area contributed by atoms with Gasteiger partial charge in [0.05, 0.1) is 47.8 Å². The standard InChI is InChI=1S/C23H24N8/c1-3-9-26-22(24)16-5-7-20-18(11-16)28-13-30(20)15-31-14-29-19-12-17(6-8-21(19)31)23(25)27-10-4-2/h3-8,11-14H,1-2,9-10,15H2,(H2,24,26)(H2,25,27). The lowest BCUT2D eigenvalue weighted by atomic mass is 10.2. The van der Waals surface area contributed by atoms with Crippen molar-refractivity contribution in [1.29, 1.82) is 0 Å². The third-order valence-electron chi connectivity index (χ3n) is 4.92. The minimum absolute atomic E-state index is 0.476. The summed E-state index contributed by atoms with van der Waals surface area (Å²) in [5, 5.41) is 0. The number of hydrogen-bond donors (Lipinski definition) is 2. The summed E-state index contributed by atoms with van der Waals surface area (Å²) >= 11 is 0. The van der Waals surface area contributed by atoms with E-state index in [1.807, 2.05) is 49.1 Å². The highest BCUT2D eigenvalue weighted by atomic mass is 15.2. The van der Waals surface area contributed by atoms with Crippen molar-refractivity contribution in [2.45, 2.75) is 6.67 Å². The van der Waals surface area contributed by atoms with Crippen LogP contribution in [0.2, 0.25) is 0 Å². The monoisotopic (exact) mass is 412 g/mol. The second-order valence-electron chi connectivity index (χ2n) is 7.01. The van der Waals surface area contributed by atoms with Crippen LogP contribution in [0.1, 0.15) is 11.1 Å². The van der Waals surface area contributed by atoms with E-state index < -0.39 is 0 Å². The Morgan fingerprint density at radius 2 is 1.26 bits per heavy atom. The fraction of sp³-hybridized carbons (Fsp3) is 0.130. The number of fused-ring (bicyclic) bond motifs is 2. The molecule has 8 nitrogen and oxygen atoms in total. The van der Waals surface area contributed by atoms with Gasteiger partial charge in [0.2, 0.25) is 0 Å². The molecule has 156 valence electrons. The molecule has 0 unspecified atom stereocenters. The topological polar surface area (TPSA) is 112 Å². The number of aromatic nitrogens is 4. The molecule has 0 aliphatic carbocycles. The van der Waals surface area contributed by atoms with Crippen molar-refractivity contribution in [3.05, 3.63) is 85.5 Å². The highest BCUT2D eigenvalue weighted by Gasteiger charge is 2.09. The van der Waals surface area contributed by atoms with E-state index >= 15 is 0 Å². The number of hydrogen-bond acceptors (Lipinski definition) is 4. The van der Waals surface area contributed by atoms with Gasteiger partial charge in [-0.3, -0.25) is 9.98 Å². The summed E-state index contributed by atoms with van der Waals surface area (Å²) in [6.45, 7) is 8.87. The maximum absolute atomic E-state index is 6.04. The van der Waals surface area contributed by atoms with Crippen LogP contribution in [0, 0.1) is 0 Å². The lowest BCUT2D eigenvalue weighted by Crippen LogP contribution is -2.14. The van der Waals surface area contributed by atoms with Gasteiger partial charge in [-0.1, -0.05) is 12.2 Å². The summed E-state index contributed by atoms with van der Waals surface area (Å²) in [4.78, 5) is 17.6. The van der Waals surface area contributed by atoms with E-state index in [-0.39, 0.29) is 0 Å². The third-order valence-corrected chi connectivity index (χ3v) is 4.92. The Kier molecular flexibility index (Phi) is 5.61. The van der Waals surface area contributed by atoms with Gasteiger partial charge in [0.15, 0.2) is 0 Å². The van der Waals surface area contributed by atoms with Crippen molar-refractivity contribution in [1.82, 2.24) is 19.1 Å². The predicted molar refractivity (Wildman–Crippen MR) is 126 cm³/mol. The number of amidine groups is 2. The number of imidazole rings is 2. The molecule has 2 aromatic carbocycles. The van der Waals surface area contributed by atoms with Gasteiger partial charge in [0.25, 0.3) is 0 Å². The zero-order chi connectivity index (χ0) is 21.8. The Morgan fingerprint density at radius 3 is 1.68 bits per heavy atom. The van der Waals surface area contributed by atoms with Crippen molar-refractivity contribution < 1.29 is 0 Å². The summed E-state index contributed by atoms with van der Waals surface area (Å²) in [5.74, 6) is 0.951. The average Bonchev–Trinajstić information content (AvgIpc) is 3.39. The van der Waals surface area contributed by atoms with E-state index in [1.54, 1.807) is 12.2 Å². The molecule has 0 spiro atoms. The zero-order valence-corrected chi connectivity index (χ0v) is 17.1. The molecule has 2 heterocycles. The smallest absolute Gasteiger partial charge is 0.126 e. The zero-order valence-electron chi connectivity index (χ0n) is 17.1. The molecule has 0 amide bonds. The molecule has 0 saturated heterocycles. The second-order valence-corrected chi connectivity index (χ2v) is 7.01. The summed E-state index contributed by atoms with van der Waals surface area (Å²) in [5.41, 5.74) is 17.5. The highest BCUT2D eigenvalue weighted by Crippen LogP contribution is 2.19. The quantitative estimate of drug-likeness (QED) is 0.263. The Hall–Kier alpha value is -4.20. The van der Waals surface area contributed by atoms with Crippen LogP contribution in [0.3, 0.4) is 0 Å². The molecule has 0 saturated carbocycles. The number of benzene rings is 2. The van der Waals surface area contributed by atoms with Gasteiger partial charge in [0, 0.05) is 11.1 Å². The van der Waals surface area contributed by atoms with E-state index in [0.717, 1.165) is 33.2 Å². The molecule has 8 heteroatoms. The van der Waals surface area contributed by atoms with Crippen molar-refractivity contribution in [2.24, 2.45) is 21.5 Å². The van der Waals surface area contributed by atoms with Gasteiger partial charge in [-0.15, -0.1) is 13.2 Å². The summed E-state index contributed by atoms with van der Waals surface area (Å²) < 4.78 is 4.12. The molecule has 0 aliphatic rings. The van der Waals surface area contributed by atoms with E-state index in [1.165, 1.54) is 0 Å². The van der Waals surface area contributed by atoms with E-state index in [9.17, 15) is 0 Å². The first-order valence-electron chi connectivity index (χ1n) is 9.83. The molecule has 0 fully saturated rings. The minimum Gasteiger partial charge on any atom is -0.383 e. The maximum atomic E-state index is 6.04. The van der Waals surface area contributed by atoms with Gasteiger partial charge < -0.3 is 20.6 Å². The normalized spacial score (nSPS) is 12.5. The number of aliphatic imine (C=N–C) groups is 2. The van der Waals surface area contributed by atoms with Crippen molar-refractivity contribution in [3.8, 4) is 0 Å². The van der Waals surface area contributed by atoms with Gasteiger partial charge in [-0.2, -0.15) is 0 Å². The van der Waals surface area contributed by atoms with E-state index in [2.05, 4.69) is 42.2 Å². The van der Waals surface area contributed by atoms with Crippen LogP contribution in [-0.4, -0.2) is 43.9 Å². The van der Waals surface area contributed by atoms with Gasteiger partial charge in [-0.25, -0.2) is 9.97 Å². The van der Waals surface area contributed by atoms with Crippen molar-refractivity contribution in [2.75, 3.05) is 13.1 Å². The Labute approximate surface area is 180 Å². The van der Waals surface area contributed by atoms with E-state index in [4.69, 9.17) is 11.5 Å². The molecule has 0 bridgehead atoms. The molecule has 0 radical (unpaired) electrons. The van der Waals surface area contributed by atoms with Crippen molar-refractivity contribution in [3.63, 3.8) is 0 Å². The van der Waals surface area contributed by atoms with Crippen LogP contribution >= 0.6 is 0 Å². The number of nitrogens with zero attached hydrogens (tertiary/aromatic N) is 6. The highest BCUT2D eigenvalue weighted by molar-refractivity contribution is 6.00. The first-order chi connectivity index (χ1) is 15.1. The summed E-state index contributed by atoms with van der Waals surface area (Å²) in [6.07, 6.45) is 7.04. The van der Waals surface area contributed by atoms with Gasteiger partial charge in [0.1, 0.15) is 18.3 Å². The summed E-state index contributed by atoms with van der Waals surface area (Å²) in [7, 11) is 0. The molecule has 2 aromatic heterocycles. The lowest BCUT2D eigenvalue weighted by Gasteiger charge is -2.08. The van der Waals surface area contributed by atoms with Gasteiger partial charge in [-0.05, 0) is 36.4 Å². The van der Waals surface area contributed by atoms with Gasteiger partial charge >= 0.3 is 0 Å². The largest absolute Gasteiger partial charge is 0.383 e. The Balaban J connectivity index is 1.61. The van der Waals surface area contributed by atoms with Crippen LogP contribution in [0.25, 0.3) is 22.1 Å². The molecular weight excluding hydrogens is 388 g/mol. The molecule has 31 heavy (non-hydrogen) atoms. The van der Waals surface area contributed by atoms with E-state index in [0.29, 0.717) is 31.4 Å². The minimum atomic E-state index is 0.476. The number of nitrogens with two attached hydrogens (primary N) is 2. The Morgan fingerprint density at radius 1 is 0.806 bits per heavy atom. The first-order valence-corrected chi connectivity index (χ1v) is 9.83. The molecule has 0 aliphatic heterocycles. The lowest BCUT2D eigenvalue weighted by molar-refractivity contribution is 0.637. The van der Waals surface area contributed by atoms with Crippen LogP contribution in [-0.2, 0) is 6.67 Å². The fourth-order valence-corrected chi connectivity index (χ4v) is 3.34. The van der Waals surface area contributed by atoms with Crippen LogP contribution < -0.4 is 11.5 Å². The summed E-state index contributed by atoms with van der Waals surface area (Å²) in [6, 6.07) is 11.8. The van der Waals surface area contributed by atoms with Crippen molar-refractivity contribution >= 4 is 33.7 Å². The first kappa shape index (κ1) is 20.1. The SMILES string of the molecule is C=CCN=C(N)c1ccc2c(c1)ncn2Cn1cnc2cc(C(N)=NCC=C)ccc21. The third kappa shape index (κ3) is 4.09. The molecule has 4 aromatic rings. The van der Waals surface area contributed by atoms with Crippen LogP contribution in [0.5, 0.6) is 0 Å². The fourth-order valence-electron chi connectivity index (χ4n) is 3.34. The maximum Gasteiger partial charge on any atom is 0.126 e. The molecule has 0 atom stereocenters. The average molecular weight is 413 g/mol. The number of rotatable bonds is 8.